The molecule has 0 aromatic heterocycles. The van der Waals surface area contributed by atoms with Gasteiger partial charge in [-0.25, -0.2) is 4.39 Å². The molecular weight excluding hydrogens is 399 g/mol. The molecule has 2 aromatic carbocycles. The molecule has 2 atom stereocenters. The van der Waals surface area contributed by atoms with Gasteiger partial charge in [0.1, 0.15) is 17.6 Å². The minimum atomic E-state index is -1.93. The maximum atomic E-state index is 13.4. The van der Waals surface area contributed by atoms with Gasteiger partial charge in [-0.1, -0.05) is 32.9 Å². The van der Waals surface area contributed by atoms with Gasteiger partial charge in [0.2, 0.25) is 14.2 Å². The third-order valence-corrected chi connectivity index (χ3v) is 10.4. The van der Waals surface area contributed by atoms with Crippen LogP contribution in [0.25, 0.3) is 0 Å². The molecule has 0 bridgehead atoms. The lowest BCUT2D eigenvalue weighted by atomic mass is 9.87. The molecule has 30 heavy (non-hydrogen) atoms. The molecule has 0 radical (unpaired) electrons. The number of rotatable bonds is 7. The Balaban J connectivity index is 1.85. The van der Waals surface area contributed by atoms with Crippen molar-refractivity contribution in [1.82, 2.24) is 5.32 Å². The van der Waals surface area contributed by atoms with Crippen molar-refractivity contribution in [3.63, 3.8) is 0 Å². The topological polar surface area (TPSA) is 50.8 Å². The zero-order valence-electron chi connectivity index (χ0n) is 18.5. The molecule has 7 heteroatoms. The lowest BCUT2D eigenvalue weighted by molar-refractivity contribution is -0.128. The molecule has 1 N–H and O–H groups in total. The summed E-state index contributed by atoms with van der Waals surface area (Å²) in [4.78, 5) is 14.5. The highest BCUT2D eigenvalue weighted by molar-refractivity contribution is 6.74. The number of anilines is 1. The van der Waals surface area contributed by atoms with E-state index in [0.717, 1.165) is 11.3 Å². The van der Waals surface area contributed by atoms with E-state index in [9.17, 15) is 9.18 Å². The fourth-order valence-corrected chi connectivity index (χ4v) is 4.30. The van der Waals surface area contributed by atoms with E-state index in [4.69, 9.17) is 9.16 Å². The number of carbonyl (C=O) groups is 1. The van der Waals surface area contributed by atoms with Crippen molar-refractivity contribution >= 4 is 19.9 Å². The standard InChI is InChI=1S/C23H31FN2O3Si/c1-23(2,3)30(5,6)29-19-13-7-16(8-14-19)21-20(25-15-28-4)22(27)26(21)18-11-9-17(24)10-12-18/h7-14,20-21,25H,15H2,1-6H3/t20-,21-/m1/s1. The molecule has 1 saturated heterocycles. The quantitative estimate of drug-likeness (QED) is 0.387. The number of ether oxygens (including phenoxy) is 1. The number of carbonyl (C=O) groups excluding carboxylic acids is 1. The van der Waals surface area contributed by atoms with Crippen LogP contribution in [0.2, 0.25) is 18.1 Å². The van der Waals surface area contributed by atoms with E-state index >= 15 is 0 Å². The highest BCUT2D eigenvalue weighted by atomic mass is 28.4. The lowest BCUT2D eigenvalue weighted by Gasteiger charge is -2.47. The lowest BCUT2D eigenvalue weighted by Crippen LogP contribution is -2.65. The number of methoxy groups -OCH3 is 1. The molecule has 3 rings (SSSR count). The number of nitrogens with zero attached hydrogens (tertiary/aromatic N) is 1. The highest BCUT2D eigenvalue weighted by Crippen LogP contribution is 2.41. The summed E-state index contributed by atoms with van der Waals surface area (Å²) in [6.45, 7) is 11.3. The van der Waals surface area contributed by atoms with E-state index in [1.54, 1.807) is 24.1 Å². The Labute approximate surface area is 179 Å². The average molecular weight is 431 g/mol. The first-order valence-corrected chi connectivity index (χ1v) is 13.1. The number of nitrogens with one attached hydrogen (secondary N) is 1. The Bertz CT molecular complexity index is 879. The predicted molar refractivity (Wildman–Crippen MR) is 120 cm³/mol. The second-order valence-electron chi connectivity index (χ2n) is 9.18. The van der Waals surface area contributed by atoms with Crippen LogP contribution in [-0.4, -0.2) is 34.1 Å². The number of hydrogen-bond acceptors (Lipinski definition) is 4. The molecule has 1 fully saturated rings. The maximum absolute atomic E-state index is 13.4. The number of halogens is 1. The zero-order valence-corrected chi connectivity index (χ0v) is 19.5. The van der Waals surface area contributed by atoms with Gasteiger partial charge in [-0.2, -0.15) is 0 Å². The van der Waals surface area contributed by atoms with Crippen molar-refractivity contribution in [3.8, 4) is 5.75 Å². The fourth-order valence-electron chi connectivity index (χ4n) is 3.27. The summed E-state index contributed by atoms with van der Waals surface area (Å²) in [7, 11) is -0.348. The SMILES string of the molecule is COCN[C@H]1C(=O)N(c2ccc(F)cc2)[C@@H]1c1ccc(O[Si](C)(C)C(C)(C)C)cc1. The van der Waals surface area contributed by atoms with Crippen LogP contribution in [0.4, 0.5) is 10.1 Å². The molecular formula is C23H31FN2O3Si. The van der Waals surface area contributed by atoms with Gasteiger partial charge in [-0.15, -0.1) is 0 Å². The van der Waals surface area contributed by atoms with Gasteiger partial charge in [0, 0.05) is 12.8 Å². The van der Waals surface area contributed by atoms with Crippen molar-refractivity contribution in [3.05, 3.63) is 59.9 Å². The number of β-lactam (4-membered cyclic amide) rings is 1. The molecule has 0 aliphatic carbocycles. The Morgan fingerprint density at radius 2 is 1.67 bits per heavy atom. The molecule has 0 saturated carbocycles. The largest absolute Gasteiger partial charge is 0.544 e. The molecule has 1 aliphatic rings. The van der Waals surface area contributed by atoms with Gasteiger partial charge in [0.15, 0.2) is 0 Å². The first-order valence-electron chi connectivity index (χ1n) is 10.1. The van der Waals surface area contributed by atoms with E-state index in [-0.39, 0.29) is 29.5 Å². The zero-order chi connectivity index (χ0) is 22.1. The van der Waals surface area contributed by atoms with Gasteiger partial charge in [0.05, 0.1) is 12.8 Å². The first-order chi connectivity index (χ1) is 14.0. The van der Waals surface area contributed by atoms with Crippen molar-refractivity contribution < 1.29 is 18.3 Å². The predicted octanol–water partition coefficient (Wildman–Crippen LogP) is 4.86. The number of hydrogen-bond donors (Lipinski definition) is 1. The molecule has 1 aliphatic heterocycles. The Morgan fingerprint density at radius 3 is 2.20 bits per heavy atom. The average Bonchev–Trinajstić information content (AvgIpc) is 2.67. The summed E-state index contributed by atoms with van der Waals surface area (Å²) in [5.74, 6) is 0.445. The van der Waals surface area contributed by atoms with Gasteiger partial charge in [-0.3, -0.25) is 10.1 Å². The van der Waals surface area contributed by atoms with E-state index < -0.39 is 14.4 Å². The summed E-state index contributed by atoms with van der Waals surface area (Å²) in [6.07, 6.45) is 0. The van der Waals surface area contributed by atoms with Crippen LogP contribution >= 0.6 is 0 Å². The van der Waals surface area contributed by atoms with Gasteiger partial charge >= 0.3 is 0 Å². The van der Waals surface area contributed by atoms with Crippen molar-refractivity contribution in [2.24, 2.45) is 0 Å². The van der Waals surface area contributed by atoms with Crippen molar-refractivity contribution in [2.75, 3.05) is 18.7 Å². The normalized spacial score (nSPS) is 19.6. The summed E-state index contributed by atoms with van der Waals surface area (Å²) in [5.41, 5.74) is 1.65. The Kier molecular flexibility index (Phi) is 6.36. The molecule has 1 amide bonds. The molecule has 2 aromatic rings. The Hall–Kier alpha value is -2.22. The monoisotopic (exact) mass is 430 g/mol. The molecule has 0 unspecified atom stereocenters. The summed E-state index contributed by atoms with van der Waals surface area (Å²) in [6, 6.07) is 13.3. The minimum Gasteiger partial charge on any atom is -0.544 e. The molecule has 162 valence electrons. The third-order valence-electron chi connectivity index (χ3n) is 6.05. The number of benzene rings is 2. The summed E-state index contributed by atoms with van der Waals surface area (Å²) < 4.78 is 24.8. The van der Waals surface area contributed by atoms with Crippen LogP contribution in [-0.2, 0) is 9.53 Å². The molecule has 0 spiro atoms. The fraction of sp³-hybridized carbons (Fsp3) is 0.435. The summed E-state index contributed by atoms with van der Waals surface area (Å²) in [5, 5.41) is 3.25. The molecule has 1 heterocycles. The van der Waals surface area contributed by atoms with Crippen LogP contribution in [0, 0.1) is 5.82 Å². The van der Waals surface area contributed by atoms with Crippen LogP contribution in [0.1, 0.15) is 32.4 Å². The minimum absolute atomic E-state index is 0.0646. The van der Waals surface area contributed by atoms with Crippen LogP contribution in [0.5, 0.6) is 5.75 Å². The van der Waals surface area contributed by atoms with E-state index in [1.165, 1.54) is 12.1 Å². The van der Waals surface area contributed by atoms with Gasteiger partial charge in [0.25, 0.3) is 0 Å². The second-order valence-corrected chi connectivity index (χ2v) is 13.9. The number of amides is 1. The first kappa shape index (κ1) is 22.5. The van der Waals surface area contributed by atoms with Crippen LogP contribution in [0.15, 0.2) is 48.5 Å². The van der Waals surface area contributed by atoms with Crippen LogP contribution < -0.4 is 14.6 Å². The van der Waals surface area contributed by atoms with Gasteiger partial charge in [-0.05, 0) is 60.1 Å². The van der Waals surface area contributed by atoms with Crippen molar-refractivity contribution in [1.29, 1.82) is 0 Å². The molecule has 5 nitrogen and oxygen atoms in total. The summed E-state index contributed by atoms with van der Waals surface area (Å²) >= 11 is 0. The van der Waals surface area contributed by atoms with Crippen molar-refractivity contribution in [2.45, 2.75) is 51.0 Å². The Morgan fingerprint density at radius 1 is 1.07 bits per heavy atom. The highest BCUT2D eigenvalue weighted by Gasteiger charge is 2.48. The van der Waals surface area contributed by atoms with E-state index in [1.807, 2.05) is 24.3 Å². The maximum Gasteiger partial charge on any atom is 0.250 e. The third kappa shape index (κ3) is 4.43. The van der Waals surface area contributed by atoms with Gasteiger partial charge < -0.3 is 14.1 Å². The van der Waals surface area contributed by atoms with Crippen LogP contribution in [0.3, 0.4) is 0 Å². The van der Waals surface area contributed by atoms with E-state index in [2.05, 4.69) is 39.2 Å². The second kappa shape index (κ2) is 8.49. The smallest absolute Gasteiger partial charge is 0.250 e. The van der Waals surface area contributed by atoms with E-state index in [0.29, 0.717) is 5.69 Å².